The molecule has 0 amide bonds. The van der Waals surface area contributed by atoms with Crippen LogP contribution in [0.2, 0.25) is 0 Å². The zero-order chi connectivity index (χ0) is 11.5. The SMILES string of the molecule is CCC(=O)CN(C)C1CCC(C)(C)CC1. The van der Waals surface area contributed by atoms with Gasteiger partial charge in [0, 0.05) is 12.5 Å². The van der Waals surface area contributed by atoms with E-state index < -0.39 is 0 Å². The number of likely N-dealkylation sites (N-methyl/N-ethyl adjacent to an activating group) is 1. The third-order valence-electron chi connectivity index (χ3n) is 3.75. The number of rotatable bonds is 4. The lowest BCUT2D eigenvalue weighted by atomic mass is 9.75. The van der Waals surface area contributed by atoms with E-state index >= 15 is 0 Å². The lowest BCUT2D eigenvalue weighted by Crippen LogP contribution is -2.39. The van der Waals surface area contributed by atoms with Gasteiger partial charge in [0.25, 0.3) is 0 Å². The number of carbonyl (C=O) groups excluding carboxylic acids is 1. The first-order chi connectivity index (χ1) is 6.94. The number of carbonyl (C=O) groups is 1. The van der Waals surface area contributed by atoms with Crippen molar-refractivity contribution in [1.82, 2.24) is 4.90 Å². The molecule has 2 heteroatoms. The predicted molar refractivity (Wildman–Crippen MR) is 64.0 cm³/mol. The predicted octanol–water partition coefficient (Wildman–Crippen LogP) is 2.87. The highest BCUT2D eigenvalue weighted by Crippen LogP contribution is 2.36. The maximum Gasteiger partial charge on any atom is 0.146 e. The van der Waals surface area contributed by atoms with E-state index in [9.17, 15) is 4.79 Å². The fourth-order valence-corrected chi connectivity index (χ4v) is 2.34. The van der Waals surface area contributed by atoms with E-state index in [2.05, 4.69) is 25.8 Å². The number of hydrogen-bond acceptors (Lipinski definition) is 2. The van der Waals surface area contributed by atoms with Gasteiger partial charge in [-0.05, 0) is 38.1 Å². The fraction of sp³-hybridized carbons (Fsp3) is 0.923. The first-order valence-electron chi connectivity index (χ1n) is 6.16. The summed E-state index contributed by atoms with van der Waals surface area (Å²) in [6, 6.07) is 0.633. The topological polar surface area (TPSA) is 20.3 Å². The number of nitrogens with zero attached hydrogens (tertiary/aromatic N) is 1. The molecule has 0 N–H and O–H groups in total. The molecule has 0 spiro atoms. The summed E-state index contributed by atoms with van der Waals surface area (Å²) in [5.41, 5.74) is 0.520. The van der Waals surface area contributed by atoms with Gasteiger partial charge in [-0.3, -0.25) is 9.69 Å². The highest BCUT2D eigenvalue weighted by molar-refractivity contribution is 5.80. The number of hydrogen-bond donors (Lipinski definition) is 0. The minimum atomic E-state index is 0.363. The molecule has 1 saturated carbocycles. The van der Waals surface area contributed by atoms with Crippen LogP contribution in [0.15, 0.2) is 0 Å². The molecule has 0 aliphatic heterocycles. The van der Waals surface area contributed by atoms with Crippen molar-refractivity contribution < 1.29 is 4.79 Å². The molecule has 1 fully saturated rings. The summed E-state index contributed by atoms with van der Waals surface area (Å²) in [6.07, 6.45) is 5.76. The quantitative estimate of drug-likeness (QED) is 0.712. The van der Waals surface area contributed by atoms with Gasteiger partial charge in [0.1, 0.15) is 5.78 Å². The van der Waals surface area contributed by atoms with Gasteiger partial charge in [-0.15, -0.1) is 0 Å². The van der Waals surface area contributed by atoms with Gasteiger partial charge < -0.3 is 0 Å². The van der Waals surface area contributed by atoms with Gasteiger partial charge in [0.2, 0.25) is 0 Å². The zero-order valence-electron chi connectivity index (χ0n) is 10.7. The Morgan fingerprint density at radius 1 is 1.33 bits per heavy atom. The minimum Gasteiger partial charge on any atom is -0.298 e. The van der Waals surface area contributed by atoms with Gasteiger partial charge in [-0.2, -0.15) is 0 Å². The largest absolute Gasteiger partial charge is 0.298 e. The van der Waals surface area contributed by atoms with Crippen LogP contribution in [-0.2, 0) is 4.79 Å². The summed E-state index contributed by atoms with van der Waals surface area (Å²) in [5, 5.41) is 0. The second-order valence-corrected chi connectivity index (χ2v) is 5.70. The third kappa shape index (κ3) is 3.94. The van der Waals surface area contributed by atoms with Crippen LogP contribution in [0.3, 0.4) is 0 Å². The normalized spacial score (nSPS) is 21.9. The van der Waals surface area contributed by atoms with E-state index in [0.717, 1.165) is 0 Å². The Labute approximate surface area is 94.0 Å². The van der Waals surface area contributed by atoms with Crippen LogP contribution in [0.25, 0.3) is 0 Å². The minimum absolute atomic E-state index is 0.363. The standard InChI is InChI=1S/C13H25NO/c1-5-12(15)10-14(4)11-6-8-13(2,3)9-7-11/h11H,5-10H2,1-4H3. The van der Waals surface area contributed by atoms with Crippen LogP contribution >= 0.6 is 0 Å². The molecule has 88 valence electrons. The smallest absolute Gasteiger partial charge is 0.146 e. The Balaban J connectivity index is 2.36. The first-order valence-corrected chi connectivity index (χ1v) is 6.16. The molecule has 1 rings (SSSR count). The van der Waals surface area contributed by atoms with E-state index in [1.165, 1.54) is 25.7 Å². The van der Waals surface area contributed by atoms with Gasteiger partial charge in [0.05, 0.1) is 6.54 Å². The first kappa shape index (κ1) is 12.7. The lowest BCUT2D eigenvalue weighted by molar-refractivity contribution is -0.120. The van der Waals surface area contributed by atoms with Crippen LogP contribution in [0.5, 0.6) is 0 Å². The summed E-state index contributed by atoms with van der Waals surface area (Å²) >= 11 is 0. The summed E-state index contributed by atoms with van der Waals surface area (Å²) < 4.78 is 0. The summed E-state index contributed by atoms with van der Waals surface area (Å²) in [4.78, 5) is 13.6. The summed E-state index contributed by atoms with van der Waals surface area (Å²) in [5.74, 6) is 0.363. The van der Waals surface area contributed by atoms with Crippen molar-refractivity contribution in [2.24, 2.45) is 5.41 Å². The monoisotopic (exact) mass is 211 g/mol. The van der Waals surface area contributed by atoms with Crippen molar-refractivity contribution in [3.8, 4) is 0 Å². The molecule has 0 radical (unpaired) electrons. The molecule has 0 saturated heterocycles. The Kier molecular flexibility index (Phi) is 4.32. The lowest BCUT2D eigenvalue weighted by Gasteiger charge is -2.38. The van der Waals surface area contributed by atoms with E-state index in [-0.39, 0.29) is 0 Å². The van der Waals surface area contributed by atoms with Crippen molar-refractivity contribution in [1.29, 1.82) is 0 Å². The average Bonchev–Trinajstić information content (AvgIpc) is 2.17. The van der Waals surface area contributed by atoms with Crippen molar-refractivity contribution in [2.45, 2.75) is 58.9 Å². The fourth-order valence-electron chi connectivity index (χ4n) is 2.34. The molecule has 15 heavy (non-hydrogen) atoms. The van der Waals surface area contributed by atoms with E-state index in [4.69, 9.17) is 0 Å². The van der Waals surface area contributed by atoms with Crippen LogP contribution < -0.4 is 0 Å². The van der Waals surface area contributed by atoms with Crippen LogP contribution in [0, 0.1) is 5.41 Å². The van der Waals surface area contributed by atoms with Crippen molar-refractivity contribution in [3.05, 3.63) is 0 Å². The molecule has 0 unspecified atom stereocenters. The van der Waals surface area contributed by atoms with Gasteiger partial charge in [-0.1, -0.05) is 20.8 Å². The van der Waals surface area contributed by atoms with E-state index in [0.29, 0.717) is 30.2 Å². The summed E-state index contributed by atoms with van der Waals surface area (Å²) in [7, 11) is 2.09. The molecule has 0 atom stereocenters. The maximum absolute atomic E-state index is 11.4. The average molecular weight is 211 g/mol. The second-order valence-electron chi connectivity index (χ2n) is 5.70. The maximum atomic E-state index is 11.4. The Hall–Kier alpha value is -0.370. The van der Waals surface area contributed by atoms with Crippen LogP contribution in [0.4, 0.5) is 0 Å². The molecule has 1 aliphatic carbocycles. The Bertz CT molecular complexity index is 213. The van der Waals surface area contributed by atoms with Crippen molar-refractivity contribution in [3.63, 3.8) is 0 Å². The van der Waals surface area contributed by atoms with Gasteiger partial charge in [0.15, 0.2) is 0 Å². The zero-order valence-corrected chi connectivity index (χ0v) is 10.7. The molecule has 0 aromatic carbocycles. The molecule has 0 aromatic heterocycles. The number of ketones is 1. The Morgan fingerprint density at radius 3 is 2.33 bits per heavy atom. The van der Waals surface area contributed by atoms with Crippen LogP contribution in [-0.4, -0.2) is 30.3 Å². The highest BCUT2D eigenvalue weighted by Gasteiger charge is 2.28. The Morgan fingerprint density at radius 2 is 1.87 bits per heavy atom. The van der Waals surface area contributed by atoms with Gasteiger partial charge >= 0.3 is 0 Å². The number of Topliss-reactive ketones (excluding diaryl/α,β-unsaturated/α-hetero) is 1. The van der Waals surface area contributed by atoms with Crippen molar-refractivity contribution >= 4 is 5.78 Å². The summed E-state index contributed by atoms with van der Waals surface area (Å²) in [6.45, 7) is 7.28. The molecule has 1 aliphatic rings. The molecule has 0 aromatic rings. The third-order valence-corrected chi connectivity index (χ3v) is 3.75. The second kappa shape index (κ2) is 5.11. The molecule has 0 bridgehead atoms. The van der Waals surface area contributed by atoms with Crippen molar-refractivity contribution in [2.75, 3.05) is 13.6 Å². The molecule has 0 heterocycles. The molecular formula is C13H25NO. The molecule has 2 nitrogen and oxygen atoms in total. The van der Waals surface area contributed by atoms with Gasteiger partial charge in [-0.25, -0.2) is 0 Å². The highest BCUT2D eigenvalue weighted by atomic mass is 16.1. The van der Waals surface area contributed by atoms with E-state index in [1.807, 2.05) is 6.92 Å². The van der Waals surface area contributed by atoms with E-state index in [1.54, 1.807) is 0 Å². The molecular weight excluding hydrogens is 186 g/mol. The van der Waals surface area contributed by atoms with Crippen LogP contribution in [0.1, 0.15) is 52.9 Å².